The number of pyridine rings is 1. The summed E-state index contributed by atoms with van der Waals surface area (Å²) in [5, 5.41) is 11.6. The van der Waals surface area contributed by atoms with Crippen LogP contribution in [-0.2, 0) is 0 Å². The second kappa shape index (κ2) is 4.82. The van der Waals surface area contributed by atoms with E-state index >= 15 is 0 Å². The first-order valence-corrected chi connectivity index (χ1v) is 4.55. The number of aliphatic hydroxyl groups excluding tert-OH is 1. The lowest BCUT2D eigenvalue weighted by Gasteiger charge is -2.07. The van der Waals surface area contributed by atoms with E-state index in [4.69, 9.17) is 5.11 Å². The predicted molar refractivity (Wildman–Crippen MR) is 53.9 cm³/mol. The highest BCUT2D eigenvalue weighted by Crippen LogP contribution is 2.13. The van der Waals surface area contributed by atoms with Gasteiger partial charge in [-0.3, -0.25) is 0 Å². The molecule has 3 heteroatoms. The van der Waals surface area contributed by atoms with Crippen molar-refractivity contribution < 1.29 is 5.11 Å². The number of anilines is 1. The van der Waals surface area contributed by atoms with E-state index in [1.807, 2.05) is 18.2 Å². The first-order chi connectivity index (χ1) is 6.24. The smallest absolute Gasteiger partial charge is 0.126 e. The van der Waals surface area contributed by atoms with Crippen molar-refractivity contribution in [2.24, 2.45) is 0 Å². The molecule has 0 aliphatic heterocycles. The minimum Gasteiger partial charge on any atom is -0.395 e. The molecule has 0 saturated heterocycles. The van der Waals surface area contributed by atoms with E-state index in [0.29, 0.717) is 12.5 Å². The van der Waals surface area contributed by atoms with Crippen LogP contribution in [0.5, 0.6) is 0 Å². The molecule has 3 nitrogen and oxygen atoms in total. The Bertz CT molecular complexity index is 261. The molecule has 2 N–H and O–H groups in total. The van der Waals surface area contributed by atoms with Crippen LogP contribution in [0.3, 0.4) is 0 Å². The number of hydrogen-bond acceptors (Lipinski definition) is 3. The fourth-order valence-corrected chi connectivity index (χ4v) is 1.06. The Balaban J connectivity index is 2.68. The lowest BCUT2D eigenvalue weighted by atomic mass is 10.1. The molecular formula is C10H16N2O. The zero-order valence-corrected chi connectivity index (χ0v) is 8.12. The summed E-state index contributed by atoms with van der Waals surface area (Å²) in [4.78, 5) is 4.39. The Morgan fingerprint density at radius 3 is 2.85 bits per heavy atom. The third-order valence-electron chi connectivity index (χ3n) is 1.78. The molecule has 1 aromatic rings. The molecule has 0 saturated carbocycles. The number of nitrogens with one attached hydrogen (secondary N) is 1. The molecule has 0 aliphatic rings. The highest BCUT2D eigenvalue weighted by atomic mass is 16.3. The van der Waals surface area contributed by atoms with Crippen LogP contribution in [0.1, 0.15) is 25.5 Å². The summed E-state index contributed by atoms with van der Waals surface area (Å²) in [6.07, 6.45) is 0. The summed E-state index contributed by atoms with van der Waals surface area (Å²) in [5.74, 6) is 1.27. The van der Waals surface area contributed by atoms with E-state index in [1.165, 1.54) is 0 Å². The van der Waals surface area contributed by atoms with E-state index in [1.54, 1.807) is 0 Å². The van der Waals surface area contributed by atoms with Gasteiger partial charge < -0.3 is 10.4 Å². The number of hydrogen-bond donors (Lipinski definition) is 2. The van der Waals surface area contributed by atoms with Crippen molar-refractivity contribution in [2.75, 3.05) is 18.5 Å². The van der Waals surface area contributed by atoms with Gasteiger partial charge in [0, 0.05) is 12.2 Å². The standard InChI is InChI=1S/C10H16N2O/c1-8(2)9-4-3-5-10(12-9)11-6-7-13/h3-5,8,13H,6-7H2,1-2H3,(H,11,12). The highest BCUT2D eigenvalue weighted by Gasteiger charge is 2.00. The second-order valence-electron chi connectivity index (χ2n) is 3.25. The van der Waals surface area contributed by atoms with Crippen LogP contribution >= 0.6 is 0 Å². The van der Waals surface area contributed by atoms with Crippen molar-refractivity contribution in [3.8, 4) is 0 Å². The third kappa shape index (κ3) is 3.03. The SMILES string of the molecule is CC(C)c1cccc(NCCO)n1. The normalized spacial score (nSPS) is 10.5. The van der Waals surface area contributed by atoms with Gasteiger partial charge in [0.25, 0.3) is 0 Å². The number of rotatable bonds is 4. The zero-order valence-electron chi connectivity index (χ0n) is 8.12. The van der Waals surface area contributed by atoms with Gasteiger partial charge in [0.15, 0.2) is 0 Å². The number of aliphatic hydroxyl groups is 1. The van der Waals surface area contributed by atoms with E-state index < -0.39 is 0 Å². The number of aromatic nitrogens is 1. The Hall–Kier alpha value is -1.09. The summed E-state index contributed by atoms with van der Waals surface area (Å²) in [7, 11) is 0. The Morgan fingerprint density at radius 2 is 2.23 bits per heavy atom. The summed E-state index contributed by atoms with van der Waals surface area (Å²) in [6, 6.07) is 5.89. The van der Waals surface area contributed by atoms with Gasteiger partial charge in [-0.2, -0.15) is 0 Å². The van der Waals surface area contributed by atoms with Gasteiger partial charge in [-0.05, 0) is 18.1 Å². The summed E-state index contributed by atoms with van der Waals surface area (Å²) in [6.45, 7) is 4.90. The molecule has 1 aromatic heterocycles. The van der Waals surface area contributed by atoms with Crippen LogP contribution in [0.25, 0.3) is 0 Å². The lowest BCUT2D eigenvalue weighted by Crippen LogP contribution is -2.07. The molecule has 0 spiro atoms. The molecule has 0 aromatic carbocycles. The van der Waals surface area contributed by atoms with E-state index in [9.17, 15) is 0 Å². The largest absolute Gasteiger partial charge is 0.395 e. The molecule has 0 radical (unpaired) electrons. The summed E-state index contributed by atoms with van der Waals surface area (Å²) < 4.78 is 0. The maximum Gasteiger partial charge on any atom is 0.126 e. The molecule has 0 atom stereocenters. The molecule has 72 valence electrons. The van der Waals surface area contributed by atoms with Crippen molar-refractivity contribution in [2.45, 2.75) is 19.8 Å². The topological polar surface area (TPSA) is 45.1 Å². The minimum atomic E-state index is 0.133. The molecule has 0 fully saturated rings. The van der Waals surface area contributed by atoms with Crippen LogP contribution in [0, 0.1) is 0 Å². The quantitative estimate of drug-likeness (QED) is 0.740. The fraction of sp³-hybridized carbons (Fsp3) is 0.500. The number of nitrogens with zero attached hydrogens (tertiary/aromatic N) is 1. The van der Waals surface area contributed by atoms with E-state index in [2.05, 4.69) is 24.1 Å². The van der Waals surface area contributed by atoms with Crippen LogP contribution < -0.4 is 5.32 Å². The summed E-state index contributed by atoms with van der Waals surface area (Å²) >= 11 is 0. The average molecular weight is 180 g/mol. The van der Waals surface area contributed by atoms with Gasteiger partial charge in [-0.15, -0.1) is 0 Å². The lowest BCUT2D eigenvalue weighted by molar-refractivity contribution is 0.311. The van der Waals surface area contributed by atoms with Gasteiger partial charge in [0.05, 0.1) is 6.61 Å². The predicted octanol–water partition coefficient (Wildman–Crippen LogP) is 1.61. The highest BCUT2D eigenvalue weighted by molar-refractivity contribution is 5.35. The molecular weight excluding hydrogens is 164 g/mol. The second-order valence-corrected chi connectivity index (χ2v) is 3.25. The first-order valence-electron chi connectivity index (χ1n) is 4.55. The maximum atomic E-state index is 8.62. The Labute approximate surface area is 78.8 Å². The van der Waals surface area contributed by atoms with E-state index in [-0.39, 0.29) is 6.61 Å². The van der Waals surface area contributed by atoms with E-state index in [0.717, 1.165) is 11.5 Å². The summed E-state index contributed by atoms with van der Waals surface area (Å²) in [5.41, 5.74) is 1.07. The van der Waals surface area contributed by atoms with Gasteiger partial charge in [-0.1, -0.05) is 19.9 Å². The van der Waals surface area contributed by atoms with Crippen molar-refractivity contribution in [1.82, 2.24) is 4.98 Å². The van der Waals surface area contributed by atoms with Crippen molar-refractivity contribution >= 4 is 5.82 Å². The van der Waals surface area contributed by atoms with Gasteiger partial charge in [0.2, 0.25) is 0 Å². The zero-order chi connectivity index (χ0) is 9.68. The van der Waals surface area contributed by atoms with Gasteiger partial charge in [0.1, 0.15) is 5.82 Å². The van der Waals surface area contributed by atoms with Crippen LogP contribution in [0.15, 0.2) is 18.2 Å². The average Bonchev–Trinajstić information content (AvgIpc) is 2.15. The Morgan fingerprint density at radius 1 is 1.46 bits per heavy atom. The van der Waals surface area contributed by atoms with Crippen LogP contribution in [0.2, 0.25) is 0 Å². The molecule has 0 amide bonds. The molecule has 0 bridgehead atoms. The first kappa shape index (κ1) is 9.99. The van der Waals surface area contributed by atoms with Gasteiger partial charge in [-0.25, -0.2) is 4.98 Å². The molecule has 13 heavy (non-hydrogen) atoms. The third-order valence-corrected chi connectivity index (χ3v) is 1.78. The molecule has 1 rings (SSSR count). The van der Waals surface area contributed by atoms with Crippen molar-refractivity contribution in [3.05, 3.63) is 23.9 Å². The Kier molecular flexibility index (Phi) is 3.71. The van der Waals surface area contributed by atoms with Crippen molar-refractivity contribution in [1.29, 1.82) is 0 Å². The molecule has 0 aliphatic carbocycles. The fourth-order valence-electron chi connectivity index (χ4n) is 1.06. The molecule has 1 heterocycles. The van der Waals surface area contributed by atoms with Crippen molar-refractivity contribution in [3.63, 3.8) is 0 Å². The van der Waals surface area contributed by atoms with Crippen LogP contribution in [0.4, 0.5) is 5.82 Å². The molecule has 0 unspecified atom stereocenters. The van der Waals surface area contributed by atoms with Crippen LogP contribution in [-0.4, -0.2) is 23.2 Å². The van der Waals surface area contributed by atoms with Gasteiger partial charge >= 0.3 is 0 Å². The minimum absolute atomic E-state index is 0.133. The maximum absolute atomic E-state index is 8.62. The monoisotopic (exact) mass is 180 g/mol.